The molecule has 5 rings (SSSR count). The molecule has 218 valence electrons. The van der Waals surface area contributed by atoms with E-state index in [2.05, 4.69) is 42.7 Å². The predicted octanol–water partition coefficient (Wildman–Crippen LogP) is 6.44. The summed E-state index contributed by atoms with van der Waals surface area (Å²) in [5.74, 6) is 0.0820. The Labute approximate surface area is 250 Å². The van der Waals surface area contributed by atoms with Crippen molar-refractivity contribution >= 4 is 34.2 Å². The number of carbonyl (C=O) groups excluding carboxylic acids is 1. The molecule has 2 aliphatic heterocycles. The third-order valence-electron chi connectivity index (χ3n) is 7.54. The number of rotatable bonds is 7. The van der Waals surface area contributed by atoms with Crippen molar-refractivity contribution in [3.8, 4) is 5.75 Å². The summed E-state index contributed by atoms with van der Waals surface area (Å²) in [4.78, 5) is 21.6. The molecule has 0 spiro atoms. The van der Waals surface area contributed by atoms with Gasteiger partial charge in [0, 0.05) is 63.0 Å². The van der Waals surface area contributed by atoms with Crippen LogP contribution in [-0.4, -0.2) is 51.6 Å². The molecule has 11 heteroatoms. The van der Waals surface area contributed by atoms with Crippen LogP contribution in [0.15, 0.2) is 66.9 Å². The van der Waals surface area contributed by atoms with Crippen LogP contribution in [0, 0.1) is 5.82 Å². The summed E-state index contributed by atoms with van der Waals surface area (Å²) in [5.41, 5.74) is 1.46. The predicted molar refractivity (Wildman–Crippen MR) is 157 cm³/mol. The standard InChI is InChI=1S/C30H31F4IN4O2/c31-22-5-1-20(2-6-22)19-39-14-10-23(17-28(39)35)37-29(40)27-18-26(9-13-36-27)41-25-11-15-38(16-12-25)24-7-3-21(4-8-24)30(32,33)34/h1-9,13,18,23,25,28H,10-12,14-17,19H2,(H,37,40). The van der Waals surface area contributed by atoms with E-state index in [0.717, 1.165) is 49.3 Å². The van der Waals surface area contributed by atoms with Gasteiger partial charge in [0.05, 0.1) is 9.61 Å². The van der Waals surface area contributed by atoms with Crippen LogP contribution in [0.3, 0.4) is 0 Å². The Bertz CT molecular complexity index is 1320. The lowest BCUT2D eigenvalue weighted by Gasteiger charge is -2.36. The number of carbonyl (C=O) groups is 1. The number of nitrogens with one attached hydrogen (secondary N) is 1. The fourth-order valence-corrected chi connectivity index (χ4v) is 6.34. The fourth-order valence-electron chi connectivity index (χ4n) is 5.25. The highest BCUT2D eigenvalue weighted by molar-refractivity contribution is 14.1. The number of halogens is 5. The Morgan fingerprint density at radius 2 is 1.71 bits per heavy atom. The minimum atomic E-state index is -4.35. The van der Waals surface area contributed by atoms with E-state index in [9.17, 15) is 22.4 Å². The van der Waals surface area contributed by atoms with Crippen LogP contribution >= 0.6 is 22.6 Å². The van der Waals surface area contributed by atoms with Crippen LogP contribution in [0.2, 0.25) is 0 Å². The molecule has 2 aliphatic rings. The topological polar surface area (TPSA) is 57.7 Å². The van der Waals surface area contributed by atoms with Crippen molar-refractivity contribution in [2.45, 2.75) is 54.6 Å². The average Bonchev–Trinajstić information content (AvgIpc) is 2.96. The average molecular weight is 683 g/mol. The van der Waals surface area contributed by atoms with Gasteiger partial charge in [-0.2, -0.15) is 13.2 Å². The molecule has 41 heavy (non-hydrogen) atoms. The Balaban J connectivity index is 1.09. The number of nitrogens with zero attached hydrogens (tertiary/aromatic N) is 3. The van der Waals surface area contributed by atoms with E-state index in [4.69, 9.17) is 4.74 Å². The first kappa shape index (κ1) is 29.6. The van der Waals surface area contributed by atoms with Crippen molar-refractivity contribution in [1.29, 1.82) is 0 Å². The fraction of sp³-hybridized carbons (Fsp3) is 0.400. The second-order valence-electron chi connectivity index (χ2n) is 10.5. The van der Waals surface area contributed by atoms with Gasteiger partial charge in [-0.1, -0.05) is 34.7 Å². The number of anilines is 1. The molecule has 1 N–H and O–H groups in total. The van der Waals surface area contributed by atoms with Crippen molar-refractivity contribution in [3.05, 3.63) is 89.5 Å². The van der Waals surface area contributed by atoms with E-state index >= 15 is 0 Å². The number of hydrogen-bond acceptors (Lipinski definition) is 5. The number of piperidine rings is 2. The maximum atomic E-state index is 13.2. The molecule has 2 unspecified atom stereocenters. The van der Waals surface area contributed by atoms with Gasteiger partial charge in [-0.05, 0) is 60.9 Å². The van der Waals surface area contributed by atoms with Gasteiger partial charge in [-0.15, -0.1) is 0 Å². The lowest BCUT2D eigenvalue weighted by molar-refractivity contribution is -0.137. The lowest BCUT2D eigenvalue weighted by atomic mass is 10.0. The van der Waals surface area contributed by atoms with Gasteiger partial charge in [-0.3, -0.25) is 14.7 Å². The third kappa shape index (κ3) is 7.88. The van der Waals surface area contributed by atoms with Crippen molar-refractivity contribution in [2.24, 2.45) is 0 Å². The molecule has 0 bridgehead atoms. The maximum Gasteiger partial charge on any atom is 0.416 e. The molecule has 1 aromatic heterocycles. The Hall–Kier alpha value is -2.93. The van der Waals surface area contributed by atoms with Crippen LogP contribution in [0.25, 0.3) is 0 Å². The van der Waals surface area contributed by atoms with Crippen LogP contribution < -0.4 is 15.0 Å². The number of pyridine rings is 1. The minimum Gasteiger partial charge on any atom is -0.490 e. The molecular formula is C30H31F4IN4O2. The van der Waals surface area contributed by atoms with Gasteiger partial charge in [0.25, 0.3) is 5.91 Å². The molecule has 2 fully saturated rings. The molecule has 0 aliphatic carbocycles. The summed E-state index contributed by atoms with van der Waals surface area (Å²) >= 11 is 2.39. The summed E-state index contributed by atoms with van der Waals surface area (Å²) in [6, 6.07) is 15.2. The highest BCUT2D eigenvalue weighted by Gasteiger charge is 2.31. The number of likely N-dealkylation sites (tertiary alicyclic amines) is 1. The largest absolute Gasteiger partial charge is 0.490 e. The van der Waals surface area contributed by atoms with E-state index in [0.29, 0.717) is 37.4 Å². The van der Waals surface area contributed by atoms with Gasteiger partial charge in [0.15, 0.2) is 0 Å². The van der Waals surface area contributed by atoms with Gasteiger partial charge in [0.1, 0.15) is 23.4 Å². The first-order valence-corrected chi connectivity index (χ1v) is 14.9. The summed E-state index contributed by atoms with van der Waals surface area (Å²) in [6.07, 6.45) is 0.164. The van der Waals surface area contributed by atoms with Crippen LogP contribution in [0.1, 0.15) is 47.3 Å². The molecule has 6 nitrogen and oxygen atoms in total. The first-order valence-electron chi connectivity index (χ1n) is 13.6. The van der Waals surface area contributed by atoms with Crippen LogP contribution in [-0.2, 0) is 12.7 Å². The molecule has 3 aromatic rings. The van der Waals surface area contributed by atoms with Gasteiger partial charge in [-0.25, -0.2) is 4.39 Å². The highest BCUT2D eigenvalue weighted by atomic mass is 127. The molecule has 1 amide bonds. The zero-order chi connectivity index (χ0) is 29.0. The van der Waals surface area contributed by atoms with Crippen molar-refractivity contribution in [2.75, 3.05) is 24.5 Å². The Morgan fingerprint density at radius 1 is 1.00 bits per heavy atom. The molecule has 2 saturated heterocycles. The highest BCUT2D eigenvalue weighted by Crippen LogP contribution is 2.31. The van der Waals surface area contributed by atoms with E-state index in [1.165, 1.54) is 24.3 Å². The summed E-state index contributed by atoms with van der Waals surface area (Å²) in [7, 11) is 0. The molecule has 2 atom stereocenters. The zero-order valence-electron chi connectivity index (χ0n) is 22.3. The number of benzene rings is 2. The second-order valence-corrected chi connectivity index (χ2v) is 11.9. The number of aromatic nitrogens is 1. The minimum absolute atomic E-state index is 0.0229. The van der Waals surface area contributed by atoms with Crippen molar-refractivity contribution in [1.82, 2.24) is 15.2 Å². The summed E-state index contributed by atoms with van der Waals surface area (Å²) in [5, 5.41) is 3.11. The van der Waals surface area contributed by atoms with E-state index in [-0.39, 0.29) is 27.9 Å². The van der Waals surface area contributed by atoms with Gasteiger partial charge in [0.2, 0.25) is 0 Å². The third-order valence-corrected chi connectivity index (χ3v) is 8.84. The van der Waals surface area contributed by atoms with E-state index in [1.807, 2.05) is 0 Å². The smallest absolute Gasteiger partial charge is 0.416 e. The van der Waals surface area contributed by atoms with Crippen LogP contribution in [0.4, 0.5) is 23.2 Å². The van der Waals surface area contributed by atoms with Gasteiger partial charge < -0.3 is 15.0 Å². The summed E-state index contributed by atoms with van der Waals surface area (Å²) in [6.45, 7) is 2.87. The molecule has 0 radical (unpaired) electrons. The van der Waals surface area contributed by atoms with Crippen molar-refractivity contribution < 1.29 is 27.1 Å². The number of ether oxygens (including phenoxy) is 1. The monoisotopic (exact) mass is 682 g/mol. The zero-order valence-corrected chi connectivity index (χ0v) is 24.4. The lowest BCUT2D eigenvalue weighted by Crippen LogP contribution is -2.47. The first-order chi connectivity index (χ1) is 19.6. The number of amides is 1. The Kier molecular flexibility index (Phi) is 9.32. The molecule has 0 saturated carbocycles. The quantitative estimate of drug-likeness (QED) is 0.135. The van der Waals surface area contributed by atoms with Gasteiger partial charge >= 0.3 is 6.18 Å². The number of alkyl halides is 4. The van der Waals surface area contributed by atoms with E-state index < -0.39 is 11.7 Å². The van der Waals surface area contributed by atoms with E-state index in [1.54, 1.807) is 30.5 Å². The molecule has 2 aromatic carbocycles. The maximum absolute atomic E-state index is 13.2. The number of hydrogen-bond donors (Lipinski definition) is 1. The SMILES string of the molecule is O=C(NC1CCN(Cc2ccc(F)cc2)C(I)C1)c1cc(OC2CCN(c3ccc(C(F)(F)F)cc3)CC2)ccn1. The summed E-state index contributed by atoms with van der Waals surface area (Å²) < 4.78 is 58.1. The van der Waals surface area contributed by atoms with Crippen molar-refractivity contribution in [3.63, 3.8) is 0 Å². The Morgan fingerprint density at radius 3 is 2.37 bits per heavy atom. The molecule has 3 heterocycles. The second kappa shape index (κ2) is 12.9. The molecular weight excluding hydrogens is 651 g/mol. The van der Waals surface area contributed by atoms with Crippen LogP contribution in [0.5, 0.6) is 5.75 Å². The normalized spacial score (nSPS) is 20.6.